The molecule has 2 N–H and O–H groups in total. The summed E-state index contributed by atoms with van der Waals surface area (Å²) in [5.74, 6) is 0. The minimum atomic E-state index is 0.0554. The van der Waals surface area contributed by atoms with Gasteiger partial charge in [-0.05, 0) is 36.2 Å². The van der Waals surface area contributed by atoms with E-state index in [2.05, 4.69) is 41.1 Å². The first-order valence-electron chi connectivity index (χ1n) is 9.01. The molecule has 1 heterocycles. The first kappa shape index (κ1) is 20.2. The summed E-state index contributed by atoms with van der Waals surface area (Å²) in [5, 5.41) is 14.7. The zero-order valence-electron chi connectivity index (χ0n) is 15.3. The highest BCUT2D eigenvalue weighted by atomic mass is 35.5. The van der Waals surface area contributed by atoms with E-state index < -0.39 is 0 Å². The molecule has 0 amide bonds. The highest BCUT2D eigenvalue weighted by Crippen LogP contribution is 2.29. The average molecular weight is 407 g/mol. The Hall–Kier alpha value is -1.56. The van der Waals surface area contributed by atoms with Gasteiger partial charge in [-0.3, -0.25) is 0 Å². The van der Waals surface area contributed by atoms with E-state index in [-0.39, 0.29) is 6.61 Å². The molecule has 3 aromatic rings. The number of aliphatic hydroxyl groups is 1. The Morgan fingerprint density at radius 3 is 2.70 bits per heavy atom. The number of halogens is 2. The summed E-state index contributed by atoms with van der Waals surface area (Å²) in [5.41, 5.74) is 4.72. The van der Waals surface area contributed by atoms with Crippen molar-refractivity contribution >= 4 is 34.1 Å². The van der Waals surface area contributed by atoms with E-state index in [0.29, 0.717) is 29.8 Å². The Bertz CT molecular complexity index is 909. The number of aromatic nitrogens is 1. The van der Waals surface area contributed by atoms with Crippen LogP contribution in [-0.4, -0.2) is 36.0 Å². The highest BCUT2D eigenvalue weighted by molar-refractivity contribution is 6.35. The van der Waals surface area contributed by atoms with Gasteiger partial charge in [0.05, 0.1) is 19.8 Å². The van der Waals surface area contributed by atoms with Crippen molar-refractivity contribution in [1.29, 1.82) is 0 Å². The number of rotatable bonds is 9. The number of aliphatic hydroxyl groups excluding tert-OH is 1. The number of ether oxygens (including phenoxy) is 1. The number of nitrogens with zero attached hydrogens (tertiary/aromatic N) is 1. The van der Waals surface area contributed by atoms with Gasteiger partial charge in [0.25, 0.3) is 0 Å². The van der Waals surface area contributed by atoms with Gasteiger partial charge in [-0.25, -0.2) is 0 Å². The van der Waals surface area contributed by atoms with Crippen molar-refractivity contribution in [3.8, 4) is 0 Å². The molecule has 0 saturated carbocycles. The van der Waals surface area contributed by atoms with Crippen molar-refractivity contribution in [3.63, 3.8) is 0 Å². The molecule has 0 fully saturated rings. The number of nitrogens with one attached hydrogen (secondary N) is 1. The van der Waals surface area contributed by atoms with Crippen molar-refractivity contribution in [2.24, 2.45) is 0 Å². The quantitative estimate of drug-likeness (QED) is 0.517. The fraction of sp³-hybridized carbons (Fsp3) is 0.333. The standard InChI is InChI=1S/C21H24Cl2N2O2/c1-15-19(13-24-8-10-27-11-9-26)18-4-2-3-5-21(18)25(15)14-16-6-7-17(22)12-20(16)23/h2-7,12,24,26H,8-11,13-14H2,1H3. The van der Waals surface area contributed by atoms with Crippen LogP contribution in [0.2, 0.25) is 10.0 Å². The molecular weight excluding hydrogens is 383 g/mol. The van der Waals surface area contributed by atoms with E-state index in [1.807, 2.05) is 12.1 Å². The van der Waals surface area contributed by atoms with Crippen LogP contribution in [0.5, 0.6) is 0 Å². The lowest BCUT2D eigenvalue weighted by Crippen LogP contribution is -2.20. The second-order valence-electron chi connectivity index (χ2n) is 6.42. The summed E-state index contributed by atoms with van der Waals surface area (Å²) in [4.78, 5) is 0. The Kier molecular flexibility index (Phi) is 7.16. The van der Waals surface area contributed by atoms with Gasteiger partial charge in [0.15, 0.2) is 0 Å². The third-order valence-electron chi connectivity index (χ3n) is 4.67. The smallest absolute Gasteiger partial charge is 0.0698 e. The summed E-state index contributed by atoms with van der Waals surface area (Å²) >= 11 is 12.4. The van der Waals surface area contributed by atoms with E-state index >= 15 is 0 Å². The molecular formula is C21H24Cl2N2O2. The van der Waals surface area contributed by atoms with Gasteiger partial charge in [-0.1, -0.05) is 47.5 Å². The molecule has 0 atom stereocenters. The topological polar surface area (TPSA) is 46.4 Å². The lowest BCUT2D eigenvalue weighted by Gasteiger charge is -2.11. The monoisotopic (exact) mass is 406 g/mol. The summed E-state index contributed by atoms with van der Waals surface area (Å²) in [6.45, 7) is 5.35. The second-order valence-corrected chi connectivity index (χ2v) is 7.26. The van der Waals surface area contributed by atoms with Crippen molar-refractivity contribution in [2.75, 3.05) is 26.4 Å². The largest absolute Gasteiger partial charge is 0.394 e. The molecule has 0 radical (unpaired) electrons. The Balaban J connectivity index is 1.82. The highest BCUT2D eigenvalue weighted by Gasteiger charge is 2.14. The Labute approximate surface area is 169 Å². The van der Waals surface area contributed by atoms with Crippen LogP contribution in [0.4, 0.5) is 0 Å². The molecule has 27 heavy (non-hydrogen) atoms. The maximum absolute atomic E-state index is 8.75. The van der Waals surface area contributed by atoms with Crippen molar-refractivity contribution in [1.82, 2.24) is 9.88 Å². The SMILES string of the molecule is Cc1c(CNCCOCCO)c2ccccc2n1Cc1ccc(Cl)cc1Cl. The predicted molar refractivity (Wildman–Crippen MR) is 112 cm³/mol. The van der Waals surface area contributed by atoms with Crippen molar-refractivity contribution < 1.29 is 9.84 Å². The average Bonchev–Trinajstić information content (AvgIpc) is 2.92. The minimum Gasteiger partial charge on any atom is -0.394 e. The molecule has 4 nitrogen and oxygen atoms in total. The lowest BCUT2D eigenvalue weighted by atomic mass is 10.1. The van der Waals surface area contributed by atoms with Crippen LogP contribution >= 0.6 is 23.2 Å². The van der Waals surface area contributed by atoms with Gasteiger partial charge in [-0.15, -0.1) is 0 Å². The molecule has 0 aliphatic heterocycles. The number of fused-ring (bicyclic) bond motifs is 1. The molecule has 0 saturated heterocycles. The van der Waals surface area contributed by atoms with Crippen LogP contribution < -0.4 is 5.32 Å². The van der Waals surface area contributed by atoms with Gasteiger partial charge < -0.3 is 19.7 Å². The maximum atomic E-state index is 8.75. The molecule has 6 heteroatoms. The molecule has 3 rings (SSSR count). The zero-order chi connectivity index (χ0) is 19.2. The van der Waals surface area contributed by atoms with Crippen LogP contribution in [0.3, 0.4) is 0 Å². The molecule has 0 unspecified atom stereocenters. The first-order chi connectivity index (χ1) is 13.1. The van der Waals surface area contributed by atoms with Crippen LogP contribution in [0.25, 0.3) is 10.9 Å². The molecule has 0 bridgehead atoms. The predicted octanol–water partition coefficient (Wildman–Crippen LogP) is 4.40. The van der Waals surface area contributed by atoms with E-state index in [0.717, 1.165) is 18.7 Å². The van der Waals surface area contributed by atoms with E-state index in [1.165, 1.54) is 22.2 Å². The van der Waals surface area contributed by atoms with Crippen LogP contribution in [0.1, 0.15) is 16.8 Å². The van der Waals surface area contributed by atoms with Gasteiger partial charge in [0.1, 0.15) is 0 Å². The number of hydrogen-bond acceptors (Lipinski definition) is 3. The maximum Gasteiger partial charge on any atom is 0.0698 e. The summed E-state index contributed by atoms with van der Waals surface area (Å²) in [7, 11) is 0. The molecule has 0 spiro atoms. The number of benzene rings is 2. The normalized spacial score (nSPS) is 11.4. The summed E-state index contributed by atoms with van der Waals surface area (Å²) in [6, 6.07) is 14.1. The van der Waals surface area contributed by atoms with Gasteiger partial charge >= 0.3 is 0 Å². The van der Waals surface area contributed by atoms with Gasteiger partial charge in [0.2, 0.25) is 0 Å². The number of hydrogen-bond donors (Lipinski definition) is 2. The third kappa shape index (κ3) is 4.84. The van der Waals surface area contributed by atoms with Gasteiger partial charge in [-0.2, -0.15) is 0 Å². The molecule has 1 aromatic heterocycles. The fourth-order valence-corrected chi connectivity index (χ4v) is 3.74. The fourth-order valence-electron chi connectivity index (χ4n) is 3.27. The zero-order valence-corrected chi connectivity index (χ0v) is 16.9. The first-order valence-corrected chi connectivity index (χ1v) is 9.77. The van der Waals surface area contributed by atoms with E-state index in [9.17, 15) is 0 Å². The summed E-state index contributed by atoms with van der Waals surface area (Å²) < 4.78 is 7.60. The van der Waals surface area contributed by atoms with Crippen LogP contribution in [0, 0.1) is 6.92 Å². The second kappa shape index (κ2) is 9.58. The molecule has 0 aliphatic carbocycles. The number of para-hydroxylation sites is 1. The Morgan fingerprint density at radius 2 is 1.93 bits per heavy atom. The third-order valence-corrected chi connectivity index (χ3v) is 5.25. The van der Waals surface area contributed by atoms with Crippen molar-refractivity contribution in [3.05, 3.63) is 69.3 Å². The van der Waals surface area contributed by atoms with Crippen LogP contribution in [0.15, 0.2) is 42.5 Å². The molecule has 2 aromatic carbocycles. The minimum absolute atomic E-state index is 0.0554. The van der Waals surface area contributed by atoms with E-state index in [1.54, 1.807) is 6.07 Å². The Morgan fingerprint density at radius 1 is 1.11 bits per heavy atom. The lowest BCUT2D eigenvalue weighted by molar-refractivity contribution is 0.0938. The molecule has 144 valence electrons. The summed E-state index contributed by atoms with van der Waals surface area (Å²) in [6.07, 6.45) is 0. The van der Waals surface area contributed by atoms with E-state index in [4.69, 9.17) is 33.0 Å². The molecule has 0 aliphatic rings. The van der Waals surface area contributed by atoms with Crippen molar-refractivity contribution in [2.45, 2.75) is 20.0 Å². The van der Waals surface area contributed by atoms with Crippen LogP contribution in [-0.2, 0) is 17.8 Å². The van der Waals surface area contributed by atoms with Gasteiger partial charge in [0, 0.05) is 46.3 Å².